The number of aromatic nitrogens is 1. The summed E-state index contributed by atoms with van der Waals surface area (Å²) in [5.41, 5.74) is 1.28. The summed E-state index contributed by atoms with van der Waals surface area (Å²) in [5, 5.41) is 3.59. The van der Waals surface area contributed by atoms with Gasteiger partial charge in [0.15, 0.2) is 0 Å². The molecule has 2 atom stereocenters. The van der Waals surface area contributed by atoms with Gasteiger partial charge in [-0.1, -0.05) is 0 Å². The Hall–Kier alpha value is -1.09. The zero-order chi connectivity index (χ0) is 10.1. The molecular weight excluding hydrogens is 186 g/mol. The molecule has 3 rings (SSSR count). The Morgan fingerprint density at radius 1 is 1.40 bits per heavy atom. The highest BCUT2D eigenvalue weighted by atomic mass is 15.2. The predicted molar refractivity (Wildman–Crippen MR) is 61.0 cm³/mol. The Morgan fingerprint density at radius 3 is 3.27 bits per heavy atom. The minimum atomic E-state index is 0.776. The largest absolute Gasteiger partial charge is 0.370 e. The van der Waals surface area contributed by atoms with Crippen molar-refractivity contribution < 1.29 is 0 Å². The number of hydrogen-bond donors (Lipinski definition) is 1. The third-order valence-corrected chi connectivity index (χ3v) is 3.67. The average molecular weight is 203 g/mol. The minimum Gasteiger partial charge on any atom is -0.370 e. The van der Waals surface area contributed by atoms with Crippen LogP contribution in [0.3, 0.4) is 0 Å². The van der Waals surface area contributed by atoms with Crippen molar-refractivity contribution >= 4 is 5.69 Å². The highest BCUT2D eigenvalue weighted by Crippen LogP contribution is 2.27. The number of pyridine rings is 1. The maximum atomic E-state index is 4.19. The quantitative estimate of drug-likeness (QED) is 0.745. The van der Waals surface area contributed by atoms with Gasteiger partial charge in [0.1, 0.15) is 0 Å². The second kappa shape index (κ2) is 3.81. The normalized spacial score (nSPS) is 30.3. The fourth-order valence-electron chi connectivity index (χ4n) is 2.82. The second-order valence-corrected chi connectivity index (χ2v) is 4.56. The molecule has 2 aliphatic rings. The lowest BCUT2D eigenvalue weighted by Crippen LogP contribution is -2.44. The molecule has 1 aromatic rings. The van der Waals surface area contributed by atoms with Gasteiger partial charge >= 0.3 is 0 Å². The summed E-state index contributed by atoms with van der Waals surface area (Å²) in [6, 6.07) is 4.96. The molecule has 15 heavy (non-hydrogen) atoms. The van der Waals surface area contributed by atoms with E-state index in [4.69, 9.17) is 0 Å². The summed E-state index contributed by atoms with van der Waals surface area (Å²) in [4.78, 5) is 6.66. The Kier molecular flexibility index (Phi) is 2.33. The number of nitrogens with one attached hydrogen (secondary N) is 1. The maximum absolute atomic E-state index is 4.19. The zero-order valence-corrected chi connectivity index (χ0v) is 8.89. The molecule has 3 nitrogen and oxygen atoms in total. The van der Waals surface area contributed by atoms with Crippen LogP contribution in [0.2, 0.25) is 0 Å². The van der Waals surface area contributed by atoms with E-state index in [2.05, 4.69) is 21.3 Å². The van der Waals surface area contributed by atoms with Crippen molar-refractivity contribution in [1.29, 1.82) is 0 Å². The van der Waals surface area contributed by atoms with Crippen molar-refractivity contribution in [3.05, 3.63) is 24.5 Å². The fraction of sp³-hybridized carbons (Fsp3) is 0.583. The molecule has 0 radical (unpaired) electrons. The van der Waals surface area contributed by atoms with Crippen molar-refractivity contribution in [2.75, 3.05) is 24.5 Å². The molecule has 0 saturated carbocycles. The first-order valence-electron chi connectivity index (χ1n) is 5.82. The Labute approximate surface area is 90.5 Å². The van der Waals surface area contributed by atoms with Crippen LogP contribution in [0.4, 0.5) is 5.69 Å². The van der Waals surface area contributed by atoms with E-state index in [0.717, 1.165) is 12.0 Å². The van der Waals surface area contributed by atoms with Crippen molar-refractivity contribution in [1.82, 2.24) is 10.3 Å². The topological polar surface area (TPSA) is 28.2 Å². The van der Waals surface area contributed by atoms with E-state index in [0.29, 0.717) is 0 Å². The molecule has 0 spiro atoms. The van der Waals surface area contributed by atoms with E-state index in [1.165, 1.54) is 38.2 Å². The zero-order valence-electron chi connectivity index (χ0n) is 8.89. The molecule has 80 valence electrons. The van der Waals surface area contributed by atoms with Gasteiger partial charge < -0.3 is 10.2 Å². The van der Waals surface area contributed by atoms with Crippen LogP contribution in [0, 0.1) is 5.92 Å². The number of nitrogens with zero attached hydrogens (tertiary/aromatic N) is 2. The summed E-state index contributed by atoms with van der Waals surface area (Å²) in [5.74, 6) is 0.846. The number of anilines is 1. The van der Waals surface area contributed by atoms with E-state index in [9.17, 15) is 0 Å². The molecule has 0 bridgehead atoms. The van der Waals surface area contributed by atoms with E-state index >= 15 is 0 Å². The summed E-state index contributed by atoms with van der Waals surface area (Å²) in [6.45, 7) is 3.57. The van der Waals surface area contributed by atoms with Crippen LogP contribution in [0.5, 0.6) is 0 Å². The molecule has 3 heteroatoms. The van der Waals surface area contributed by atoms with Crippen molar-refractivity contribution in [2.24, 2.45) is 5.92 Å². The molecule has 1 aromatic heterocycles. The monoisotopic (exact) mass is 203 g/mol. The van der Waals surface area contributed by atoms with E-state index < -0.39 is 0 Å². The van der Waals surface area contributed by atoms with Gasteiger partial charge in [-0.15, -0.1) is 0 Å². The van der Waals surface area contributed by atoms with E-state index in [1.54, 1.807) is 0 Å². The van der Waals surface area contributed by atoms with Crippen LogP contribution in [-0.4, -0.2) is 30.7 Å². The Bertz CT molecular complexity index is 325. The standard InChI is InChI=1S/C12H17N3/c1-2-11(8-13-5-1)15-7-4-12-10(9-15)3-6-14-12/h1-2,5,8,10,12,14H,3-4,6-7,9H2. The van der Waals surface area contributed by atoms with Crippen molar-refractivity contribution in [3.8, 4) is 0 Å². The molecular formula is C12H17N3. The number of fused-ring (bicyclic) bond motifs is 1. The first-order valence-corrected chi connectivity index (χ1v) is 5.82. The highest BCUT2D eigenvalue weighted by molar-refractivity contribution is 5.44. The van der Waals surface area contributed by atoms with Gasteiger partial charge in [-0.25, -0.2) is 0 Å². The Balaban J connectivity index is 1.74. The van der Waals surface area contributed by atoms with Gasteiger partial charge in [0, 0.05) is 25.3 Å². The summed E-state index contributed by atoms with van der Waals surface area (Å²) in [7, 11) is 0. The third kappa shape index (κ3) is 1.72. The first-order chi connectivity index (χ1) is 7.43. The van der Waals surface area contributed by atoms with Crippen molar-refractivity contribution in [2.45, 2.75) is 18.9 Å². The van der Waals surface area contributed by atoms with Crippen LogP contribution in [0.15, 0.2) is 24.5 Å². The Morgan fingerprint density at radius 2 is 2.40 bits per heavy atom. The van der Waals surface area contributed by atoms with Crippen LogP contribution in [0.25, 0.3) is 0 Å². The molecule has 3 heterocycles. The van der Waals surface area contributed by atoms with Gasteiger partial charge in [0.05, 0.1) is 11.9 Å². The molecule has 2 fully saturated rings. The second-order valence-electron chi connectivity index (χ2n) is 4.56. The minimum absolute atomic E-state index is 0.776. The molecule has 2 aliphatic heterocycles. The van der Waals surface area contributed by atoms with E-state index in [-0.39, 0.29) is 0 Å². The number of rotatable bonds is 1. The van der Waals surface area contributed by atoms with Gasteiger partial charge in [0.2, 0.25) is 0 Å². The number of piperidine rings is 1. The fourth-order valence-corrected chi connectivity index (χ4v) is 2.82. The molecule has 2 unspecified atom stereocenters. The smallest absolute Gasteiger partial charge is 0.0552 e. The van der Waals surface area contributed by atoms with Crippen molar-refractivity contribution in [3.63, 3.8) is 0 Å². The van der Waals surface area contributed by atoms with Crippen LogP contribution < -0.4 is 10.2 Å². The molecule has 1 N–H and O–H groups in total. The SMILES string of the molecule is c1cncc(N2CCC3NCCC3C2)c1. The van der Waals surface area contributed by atoms with Gasteiger partial charge in [-0.2, -0.15) is 0 Å². The maximum Gasteiger partial charge on any atom is 0.0552 e. The van der Waals surface area contributed by atoms with Gasteiger partial charge in [0.25, 0.3) is 0 Å². The number of hydrogen-bond acceptors (Lipinski definition) is 3. The summed E-state index contributed by atoms with van der Waals surface area (Å²) in [6.07, 6.45) is 6.43. The lowest BCUT2D eigenvalue weighted by molar-refractivity contribution is 0.376. The molecule has 0 amide bonds. The molecule has 2 saturated heterocycles. The first kappa shape index (κ1) is 9.16. The predicted octanol–water partition coefficient (Wildman–Crippen LogP) is 1.27. The average Bonchev–Trinajstić information content (AvgIpc) is 2.77. The van der Waals surface area contributed by atoms with Crippen LogP contribution in [0.1, 0.15) is 12.8 Å². The third-order valence-electron chi connectivity index (χ3n) is 3.67. The highest BCUT2D eigenvalue weighted by Gasteiger charge is 2.32. The molecule has 0 aliphatic carbocycles. The van der Waals surface area contributed by atoms with Gasteiger partial charge in [-0.05, 0) is 37.4 Å². The van der Waals surface area contributed by atoms with E-state index in [1.807, 2.05) is 18.5 Å². The van der Waals surface area contributed by atoms with Crippen LogP contribution >= 0.6 is 0 Å². The van der Waals surface area contributed by atoms with Crippen LogP contribution in [-0.2, 0) is 0 Å². The summed E-state index contributed by atoms with van der Waals surface area (Å²) < 4.78 is 0. The van der Waals surface area contributed by atoms with Gasteiger partial charge in [-0.3, -0.25) is 4.98 Å². The summed E-state index contributed by atoms with van der Waals surface area (Å²) >= 11 is 0. The lowest BCUT2D eigenvalue weighted by atomic mass is 9.93. The lowest BCUT2D eigenvalue weighted by Gasteiger charge is -2.36. The molecule has 0 aromatic carbocycles.